The molecule has 19 heavy (non-hydrogen) atoms. The van der Waals surface area contributed by atoms with E-state index in [1.807, 2.05) is 0 Å². The molecule has 6 heteroatoms. The first-order valence-electron chi connectivity index (χ1n) is 6.00. The Labute approximate surface area is 116 Å². The van der Waals surface area contributed by atoms with Crippen molar-refractivity contribution in [2.75, 3.05) is 30.5 Å². The van der Waals surface area contributed by atoms with Gasteiger partial charge in [-0.25, -0.2) is 0 Å². The van der Waals surface area contributed by atoms with E-state index in [2.05, 4.69) is 5.32 Å². The van der Waals surface area contributed by atoms with E-state index < -0.39 is 0 Å². The van der Waals surface area contributed by atoms with E-state index in [1.54, 1.807) is 23.1 Å². The predicted octanol–water partition coefficient (Wildman–Crippen LogP) is 2.05. The first kappa shape index (κ1) is 13.8. The van der Waals surface area contributed by atoms with Gasteiger partial charge in [-0.1, -0.05) is 11.6 Å². The lowest BCUT2D eigenvalue weighted by Gasteiger charge is -2.18. The number of halogens is 1. The molecule has 0 aromatic heterocycles. The standard InChI is InChI=1S/C13H15ClN2O3/c1-19-8-12(17)15-9-4-5-11(10(14)7-9)16-6-2-3-13(16)18/h4-5,7H,2-3,6,8H2,1H3,(H,15,17). The van der Waals surface area contributed by atoms with Crippen LogP contribution in [0.25, 0.3) is 0 Å². The topological polar surface area (TPSA) is 58.6 Å². The summed E-state index contributed by atoms with van der Waals surface area (Å²) in [7, 11) is 1.45. The lowest BCUT2D eigenvalue weighted by Crippen LogP contribution is -2.24. The van der Waals surface area contributed by atoms with Crippen molar-refractivity contribution in [3.05, 3.63) is 23.2 Å². The summed E-state index contributed by atoms with van der Waals surface area (Å²) in [5.41, 5.74) is 1.27. The number of carbonyl (C=O) groups excluding carboxylic acids is 2. The lowest BCUT2D eigenvalue weighted by molar-refractivity contribution is -0.119. The number of benzene rings is 1. The van der Waals surface area contributed by atoms with Crippen LogP contribution in [0.4, 0.5) is 11.4 Å². The van der Waals surface area contributed by atoms with Gasteiger partial charge in [-0.2, -0.15) is 0 Å². The minimum Gasteiger partial charge on any atom is -0.375 e. The van der Waals surface area contributed by atoms with Gasteiger partial charge in [0.2, 0.25) is 11.8 Å². The van der Waals surface area contributed by atoms with E-state index in [9.17, 15) is 9.59 Å². The number of carbonyl (C=O) groups is 2. The molecule has 0 aliphatic carbocycles. The largest absolute Gasteiger partial charge is 0.375 e. The lowest BCUT2D eigenvalue weighted by atomic mass is 10.2. The van der Waals surface area contributed by atoms with Crippen LogP contribution in [0.1, 0.15) is 12.8 Å². The number of anilines is 2. The Bertz CT molecular complexity index is 505. The molecule has 1 aliphatic rings. The number of methoxy groups -OCH3 is 1. The van der Waals surface area contributed by atoms with Crippen LogP contribution in [-0.2, 0) is 14.3 Å². The van der Waals surface area contributed by atoms with Gasteiger partial charge in [0, 0.05) is 25.8 Å². The van der Waals surface area contributed by atoms with Gasteiger partial charge in [0.1, 0.15) is 6.61 Å². The third kappa shape index (κ3) is 3.24. The van der Waals surface area contributed by atoms with Crippen molar-refractivity contribution in [3.63, 3.8) is 0 Å². The van der Waals surface area contributed by atoms with Crippen LogP contribution in [0.3, 0.4) is 0 Å². The molecule has 1 aliphatic heterocycles. The maximum Gasteiger partial charge on any atom is 0.250 e. The van der Waals surface area contributed by atoms with Crippen molar-refractivity contribution < 1.29 is 14.3 Å². The first-order chi connectivity index (χ1) is 9.11. The summed E-state index contributed by atoms with van der Waals surface area (Å²) in [6.07, 6.45) is 1.41. The Morgan fingerprint density at radius 2 is 2.32 bits per heavy atom. The van der Waals surface area contributed by atoms with Crippen LogP contribution < -0.4 is 10.2 Å². The minimum atomic E-state index is -0.247. The highest BCUT2D eigenvalue weighted by molar-refractivity contribution is 6.34. The van der Waals surface area contributed by atoms with Gasteiger partial charge < -0.3 is 15.0 Å². The second-order valence-electron chi connectivity index (χ2n) is 4.30. The van der Waals surface area contributed by atoms with Crippen LogP contribution in [0.15, 0.2) is 18.2 Å². The van der Waals surface area contributed by atoms with Crippen molar-refractivity contribution in [2.45, 2.75) is 12.8 Å². The number of amides is 2. The van der Waals surface area contributed by atoms with Crippen molar-refractivity contribution in [3.8, 4) is 0 Å². The number of ether oxygens (including phenoxy) is 1. The third-order valence-electron chi connectivity index (χ3n) is 2.87. The molecule has 1 aromatic rings. The molecule has 5 nitrogen and oxygen atoms in total. The Kier molecular flexibility index (Phi) is 4.39. The predicted molar refractivity (Wildman–Crippen MR) is 73.5 cm³/mol. The Morgan fingerprint density at radius 3 is 2.89 bits per heavy atom. The van der Waals surface area contributed by atoms with Crippen molar-refractivity contribution in [1.29, 1.82) is 0 Å². The van der Waals surface area contributed by atoms with Crippen molar-refractivity contribution in [2.24, 2.45) is 0 Å². The summed E-state index contributed by atoms with van der Waals surface area (Å²) in [5, 5.41) is 3.11. The van der Waals surface area contributed by atoms with Crippen LogP contribution >= 0.6 is 11.6 Å². The number of nitrogens with one attached hydrogen (secondary N) is 1. The Morgan fingerprint density at radius 1 is 1.53 bits per heavy atom. The molecule has 1 saturated heterocycles. The van der Waals surface area contributed by atoms with E-state index in [1.165, 1.54) is 7.11 Å². The molecule has 0 saturated carbocycles. The Balaban J connectivity index is 2.13. The molecule has 0 radical (unpaired) electrons. The molecule has 0 bridgehead atoms. The van der Waals surface area contributed by atoms with Gasteiger partial charge in [0.15, 0.2) is 0 Å². The van der Waals surface area contributed by atoms with Gasteiger partial charge in [0.05, 0.1) is 10.7 Å². The fourth-order valence-electron chi connectivity index (χ4n) is 2.03. The van der Waals surface area contributed by atoms with Crippen LogP contribution in [0.2, 0.25) is 5.02 Å². The third-order valence-corrected chi connectivity index (χ3v) is 3.17. The van der Waals surface area contributed by atoms with Gasteiger partial charge >= 0.3 is 0 Å². The summed E-state index contributed by atoms with van der Waals surface area (Å²) in [4.78, 5) is 24.7. The van der Waals surface area contributed by atoms with Crippen LogP contribution in [0, 0.1) is 0 Å². The van der Waals surface area contributed by atoms with Gasteiger partial charge in [-0.05, 0) is 24.6 Å². The summed E-state index contributed by atoms with van der Waals surface area (Å²) in [6.45, 7) is 0.678. The molecule has 1 N–H and O–H groups in total. The zero-order valence-electron chi connectivity index (χ0n) is 10.6. The normalized spacial score (nSPS) is 14.8. The fraction of sp³-hybridized carbons (Fsp3) is 0.385. The van der Waals surface area contributed by atoms with Gasteiger partial charge in [0.25, 0.3) is 0 Å². The molecule has 0 atom stereocenters. The molecule has 2 rings (SSSR count). The second-order valence-corrected chi connectivity index (χ2v) is 4.70. The highest BCUT2D eigenvalue weighted by Gasteiger charge is 2.23. The average molecular weight is 283 g/mol. The molecule has 102 valence electrons. The van der Waals surface area contributed by atoms with E-state index in [4.69, 9.17) is 16.3 Å². The maximum atomic E-state index is 11.7. The minimum absolute atomic E-state index is 0.00994. The quantitative estimate of drug-likeness (QED) is 0.919. The molecule has 1 fully saturated rings. The summed E-state index contributed by atoms with van der Waals surface area (Å²) in [5.74, 6) is -0.165. The van der Waals surface area contributed by atoms with Gasteiger partial charge in [-0.15, -0.1) is 0 Å². The smallest absolute Gasteiger partial charge is 0.250 e. The number of hydrogen-bond acceptors (Lipinski definition) is 3. The monoisotopic (exact) mass is 282 g/mol. The SMILES string of the molecule is COCC(=O)Nc1ccc(N2CCCC2=O)c(Cl)c1. The maximum absolute atomic E-state index is 11.7. The molecule has 1 heterocycles. The van der Waals surface area contributed by atoms with E-state index in [0.717, 1.165) is 6.42 Å². The zero-order chi connectivity index (χ0) is 13.8. The molecule has 2 amide bonds. The fourth-order valence-corrected chi connectivity index (χ4v) is 2.32. The number of nitrogens with zero attached hydrogens (tertiary/aromatic N) is 1. The van der Waals surface area contributed by atoms with Crippen molar-refractivity contribution in [1.82, 2.24) is 0 Å². The Hall–Kier alpha value is -1.59. The second kappa shape index (κ2) is 6.04. The average Bonchev–Trinajstić information content (AvgIpc) is 2.76. The number of hydrogen-bond donors (Lipinski definition) is 1. The number of rotatable bonds is 4. The molecule has 0 spiro atoms. The molecular weight excluding hydrogens is 268 g/mol. The highest BCUT2D eigenvalue weighted by atomic mass is 35.5. The summed E-state index contributed by atoms with van der Waals surface area (Å²) >= 11 is 6.16. The van der Waals surface area contributed by atoms with Crippen LogP contribution in [0.5, 0.6) is 0 Å². The summed E-state index contributed by atoms with van der Waals surface area (Å²) in [6, 6.07) is 5.10. The zero-order valence-corrected chi connectivity index (χ0v) is 11.4. The molecular formula is C13H15ClN2O3. The summed E-state index contributed by atoms with van der Waals surface area (Å²) < 4.78 is 4.73. The molecule has 1 aromatic carbocycles. The first-order valence-corrected chi connectivity index (χ1v) is 6.38. The van der Waals surface area contributed by atoms with E-state index >= 15 is 0 Å². The van der Waals surface area contributed by atoms with Gasteiger partial charge in [-0.3, -0.25) is 9.59 Å². The van der Waals surface area contributed by atoms with E-state index in [-0.39, 0.29) is 18.4 Å². The van der Waals surface area contributed by atoms with Crippen molar-refractivity contribution >= 4 is 34.8 Å². The highest BCUT2D eigenvalue weighted by Crippen LogP contribution is 2.31. The van der Waals surface area contributed by atoms with Crippen LogP contribution in [-0.4, -0.2) is 32.1 Å². The molecule has 0 unspecified atom stereocenters. The van der Waals surface area contributed by atoms with E-state index in [0.29, 0.717) is 29.4 Å².